The van der Waals surface area contributed by atoms with Crippen molar-refractivity contribution in [2.75, 3.05) is 4.90 Å². The number of nitrogens with zero attached hydrogens (tertiary/aromatic N) is 2. The summed E-state index contributed by atoms with van der Waals surface area (Å²) in [6.07, 6.45) is 0. The molecule has 0 aliphatic carbocycles. The first-order chi connectivity index (χ1) is 18.7. The molecule has 5 rings (SSSR count). The fourth-order valence-electron chi connectivity index (χ4n) is 4.04. The predicted molar refractivity (Wildman–Crippen MR) is 149 cm³/mol. The number of ether oxygens (including phenoxy) is 2. The molecule has 38 heavy (non-hydrogen) atoms. The standard InChI is InChI=1S/C32H26N2O4/c35-34(36)30-13-11-27(12-14-30)33(28-15-19-31(20-16-28)37-23-25-7-3-1-4-8-25)29-17-21-32(22-18-29)38-24-26-9-5-2-6-10-26/h1-22H,23-24H2. The van der Waals surface area contributed by atoms with Gasteiger partial charge in [0.15, 0.2) is 0 Å². The number of benzene rings is 5. The molecule has 5 aromatic carbocycles. The van der Waals surface area contributed by atoms with Gasteiger partial charge in [-0.05, 0) is 71.8 Å². The van der Waals surface area contributed by atoms with E-state index in [0.717, 1.165) is 39.7 Å². The molecule has 0 aliphatic rings. The largest absolute Gasteiger partial charge is 0.489 e. The lowest BCUT2D eigenvalue weighted by Crippen LogP contribution is -2.10. The van der Waals surface area contributed by atoms with Gasteiger partial charge < -0.3 is 14.4 Å². The second-order valence-electron chi connectivity index (χ2n) is 8.65. The van der Waals surface area contributed by atoms with Gasteiger partial charge in [0, 0.05) is 29.2 Å². The second-order valence-corrected chi connectivity index (χ2v) is 8.65. The molecule has 0 amide bonds. The van der Waals surface area contributed by atoms with E-state index in [-0.39, 0.29) is 5.69 Å². The number of anilines is 3. The van der Waals surface area contributed by atoms with Gasteiger partial charge in [-0.15, -0.1) is 0 Å². The topological polar surface area (TPSA) is 64.8 Å². The number of nitro groups is 1. The Hall–Kier alpha value is -5.10. The summed E-state index contributed by atoms with van der Waals surface area (Å²) in [5.41, 5.74) is 4.82. The smallest absolute Gasteiger partial charge is 0.269 e. The van der Waals surface area contributed by atoms with E-state index >= 15 is 0 Å². The Labute approximate surface area is 221 Å². The van der Waals surface area contributed by atoms with Gasteiger partial charge in [0.1, 0.15) is 24.7 Å². The molecule has 0 aliphatic heterocycles. The fraction of sp³-hybridized carbons (Fsp3) is 0.0625. The molecular formula is C32H26N2O4. The summed E-state index contributed by atoms with van der Waals surface area (Å²) < 4.78 is 11.9. The van der Waals surface area contributed by atoms with E-state index in [2.05, 4.69) is 0 Å². The van der Waals surface area contributed by atoms with Crippen LogP contribution in [0.3, 0.4) is 0 Å². The maximum absolute atomic E-state index is 11.2. The Morgan fingerprint density at radius 2 is 0.895 bits per heavy atom. The van der Waals surface area contributed by atoms with Gasteiger partial charge in [0.05, 0.1) is 4.92 Å². The maximum Gasteiger partial charge on any atom is 0.269 e. The highest BCUT2D eigenvalue weighted by atomic mass is 16.6. The second kappa shape index (κ2) is 11.8. The monoisotopic (exact) mass is 502 g/mol. The van der Waals surface area contributed by atoms with Gasteiger partial charge >= 0.3 is 0 Å². The number of nitro benzene ring substituents is 1. The lowest BCUT2D eigenvalue weighted by atomic mass is 10.1. The molecule has 0 spiro atoms. The summed E-state index contributed by atoms with van der Waals surface area (Å²) >= 11 is 0. The van der Waals surface area contributed by atoms with Crippen LogP contribution < -0.4 is 14.4 Å². The average molecular weight is 503 g/mol. The van der Waals surface area contributed by atoms with Crippen molar-refractivity contribution < 1.29 is 14.4 Å². The minimum absolute atomic E-state index is 0.0445. The first kappa shape index (κ1) is 24.6. The van der Waals surface area contributed by atoms with E-state index in [1.165, 1.54) is 12.1 Å². The molecule has 5 aromatic rings. The van der Waals surface area contributed by atoms with Crippen molar-refractivity contribution >= 4 is 22.7 Å². The van der Waals surface area contributed by atoms with Crippen molar-refractivity contribution in [1.82, 2.24) is 0 Å². The summed E-state index contributed by atoms with van der Waals surface area (Å²) in [5.74, 6) is 1.51. The van der Waals surface area contributed by atoms with Gasteiger partial charge in [-0.1, -0.05) is 60.7 Å². The van der Waals surface area contributed by atoms with E-state index in [1.807, 2.05) is 114 Å². The summed E-state index contributed by atoms with van der Waals surface area (Å²) in [4.78, 5) is 12.8. The summed E-state index contributed by atoms with van der Waals surface area (Å²) in [5, 5.41) is 11.2. The van der Waals surface area contributed by atoms with Crippen LogP contribution in [-0.4, -0.2) is 4.92 Å². The Kier molecular flexibility index (Phi) is 7.61. The molecule has 0 atom stereocenters. The van der Waals surface area contributed by atoms with Crippen molar-refractivity contribution in [3.8, 4) is 11.5 Å². The molecule has 0 heterocycles. The van der Waals surface area contributed by atoms with Crippen LogP contribution >= 0.6 is 0 Å². The van der Waals surface area contributed by atoms with Crippen LogP contribution in [0.1, 0.15) is 11.1 Å². The summed E-state index contributed by atoms with van der Waals surface area (Å²) in [6, 6.07) is 42.1. The molecule has 0 N–H and O–H groups in total. The number of non-ortho nitro benzene ring substituents is 1. The third-order valence-corrected chi connectivity index (χ3v) is 6.01. The highest BCUT2D eigenvalue weighted by molar-refractivity contribution is 5.77. The first-order valence-corrected chi connectivity index (χ1v) is 12.2. The molecule has 0 saturated carbocycles. The normalized spacial score (nSPS) is 10.5. The molecule has 0 aromatic heterocycles. The Balaban J connectivity index is 1.37. The third-order valence-electron chi connectivity index (χ3n) is 6.01. The zero-order valence-corrected chi connectivity index (χ0v) is 20.6. The molecule has 0 unspecified atom stereocenters. The average Bonchev–Trinajstić information content (AvgIpc) is 2.98. The van der Waals surface area contributed by atoms with E-state index in [9.17, 15) is 10.1 Å². The minimum Gasteiger partial charge on any atom is -0.489 e. The summed E-state index contributed by atoms with van der Waals surface area (Å²) in [7, 11) is 0. The number of rotatable bonds is 10. The van der Waals surface area contributed by atoms with Gasteiger partial charge in [-0.25, -0.2) is 0 Å². The minimum atomic E-state index is -0.397. The van der Waals surface area contributed by atoms with Crippen molar-refractivity contribution in [2.24, 2.45) is 0 Å². The van der Waals surface area contributed by atoms with Crippen LogP contribution in [-0.2, 0) is 13.2 Å². The van der Waals surface area contributed by atoms with Gasteiger partial charge in [0.25, 0.3) is 5.69 Å². The molecule has 0 fully saturated rings. The predicted octanol–water partition coefficient (Wildman–Crippen LogP) is 8.22. The van der Waals surface area contributed by atoms with Crippen LogP contribution in [0.5, 0.6) is 11.5 Å². The molecule has 0 radical (unpaired) electrons. The van der Waals surface area contributed by atoms with Crippen LogP contribution in [0.4, 0.5) is 22.7 Å². The van der Waals surface area contributed by atoms with Crippen LogP contribution in [0.25, 0.3) is 0 Å². The Bertz CT molecular complexity index is 1370. The van der Waals surface area contributed by atoms with Crippen LogP contribution in [0.15, 0.2) is 133 Å². The van der Waals surface area contributed by atoms with E-state index in [0.29, 0.717) is 13.2 Å². The molecule has 0 bridgehead atoms. The van der Waals surface area contributed by atoms with E-state index in [1.54, 1.807) is 12.1 Å². The number of hydrogen-bond donors (Lipinski definition) is 0. The highest BCUT2D eigenvalue weighted by Gasteiger charge is 2.15. The molecule has 0 saturated heterocycles. The third kappa shape index (κ3) is 6.17. The molecule has 6 nitrogen and oxygen atoms in total. The zero-order chi connectivity index (χ0) is 26.2. The SMILES string of the molecule is O=[N+]([O-])c1ccc(N(c2ccc(OCc3ccccc3)cc2)c2ccc(OCc3ccccc3)cc2)cc1. The molecular weight excluding hydrogens is 476 g/mol. The van der Waals surface area contributed by atoms with Crippen molar-refractivity contribution in [3.05, 3.63) is 155 Å². The van der Waals surface area contributed by atoms with Crippen molar-refractivity contribution in [3.63, 3.8) is 0 Å². The van der Waals surface area contributed by atoms with Crippen LogP contribution in [0, 0.1) is 10.1 Å². The summed E-state index contributed by atoms with van der Waals surface area (Å²) in [6.45, 7) is 0.966. The molecule has 188 valence electrons. The van der Waals surface area contributed by atoms with E-state index < -0.39 is 4.92 Å². The maximum atomic E-state index is 11.2. The van der Waals surface area contributed by atoms with Gasteiger partial charge in [-0.3, -0.25) is 10.1 Å². The lowest BCUT2D eigenvalue weighted by molar-refractivity contribution is -0.384. The van der Waals surface area contributed by atoms with Gasteiger partial charge in [0.2, 0.25) is 0 Å². The van der Waals surface area contributed by atoms with Gasteiger partial charge in [-0.2, -0.15) is 0 Å². The van der Waals surface area contributed by atoms with Crippen molar-refractivity contribution in [2.45, 2.75) is 13.2 Å². The fourth-order valence-corrected chi connectivity index (χ4v) is 4.04. The van der Waals surface area contributed by atoms with E-state index in [4.69, 9.17) is 9.47 Å². The Morgan fingerprint density at radius 3 is 1.26 bits per heavy atom. The lowest BCUT2D eigenvalue weighted by Gasteiger charge is -2.25. The Morgan fingerprint density at radius 1 is 0.526 bits per heavy atom. The highest BCUT2D eigenvalue weighted by Crippen LogP contribution is 2.37. The number of hydrogen-bond acceptors (Lipinski definition) is 5. The van der Waals surface area contributed by atoms with Crippen molar-refractivity contribution in [1.29, 1.82) is 0 Å². The van der Waals surface area contributed by atoms with Crippen LogP contribution in [0.2, 0.25) is 0 Å². The quantitative estimate of drug-likeness (QED) is 0.142. The first-order valence-electron chi connectivity index (χ1n) is 12.2. The zero-order valence-electron chi connectivity index (χ0n) is 20.6. The molecule has 6 heteroatoms.